The lowest BCUT2D eigenvalue weighted by Gasteiger charge is -2.29. The maximum Gasteiger partial charge on any atom is 0.170 e. The second-order valence-corrected chi connectivity index (χ2v) is 8.00. The second kappa shape index (κ2) is 7.43. The van der Waals surface area contributed by atoms with Crippen LogP contribution in [0.4, 0.5) is 0 Å². The monoisotopic (exact) mass is 392 g/mol. The van der Waals surface area contributed by atoms with Crippen molar-refractivity contribution < 1.29 is 4.42 Å². The maximum absolute atomic E-state index is 5.76. The van der Waals surface area contributed by atoms with Crippen LogP contribution < -0.4 is 5.32 Å². The van der Waals surface area contributed by atoms with Crippen LogP contribution in [-0.2, 0) is 6.54 Å². The molecule has 1 saturated carbocycles. The Morgan fingerprint density at radius 1 is 1.11 bits per heavy atom. The molecule has 5 rings (SSSR count). The zero-order chi connectivity index (χ0) is 18.9. The van der Waals surface area contributed by atoms with Gasteiger partial charge in [-0.1, -0.05) is 18.9 Å². The van der Waals surface area contributed by atoms with Crippen molar-refractivity contribution in [3.63, 3.8) is 0 Å². The fourth-order valence-electron chi connectivity index (χ4n) is 4.64. The first-order valence-electron chi connectivity index (χ1n) is 9.98. The third kappa shape index (κ3) is 3.11. The van der Waals surface area contributed by atoms with Crippen LogP contribution in [0.5, 0.6) is 0 Å². The zero-order valence-electron chi connectivity index (χ0n) is 15.7. The van der Waals surface area contributed by atoms with Gasteiger partial charge in [0.15, 0.2) is 5.11 Å². The van der Waals surface area contributed by atoms with Crippen LogP contribution in [0.1, 0.15) is 61.0 Å². The van der Waals surface area contributed by atoms with Crippen molar-refractivity contribution in [3.05, 3.63) is 78.3 Å². The highest BCUT2D eigenvalue weighted by Gasteiger charge is 2.42. The summed E-state index contributed by atoms with van der Waals surface area (Å²) >= 11 is 5.76. The smallest absolute Gasteiger partial charge is 0.170 e. The molecule has 0 spiro atoms. The quantitative estimate of drug-likeness (QED) is 0.634. The Morgan fingerprint density at radius 3 is 2.75 bits per heavy atom. The molecule has 0 amide bonds. The summed E-state index contributed by atoms with van der Waals surface area (Å²) in [5, 5.41) is 4.28. The molecule has 2 fully saturated rings. The van der Waals surface area contributed by atoms with E-state index in [-0.39, 0.29) is 12.1 Å². The second-order valence-electron chi connectivity index (χ2n) is 7.61. The van der Waals surface area contributed by atoms with Crippen molar-refractivity contribution in [2.75, 3.05) is 0 Å². The van der Waals surface area contributed by atoms with Gasteiger partial charge < -0.3 is 19.2 Å². The molecule has 0 unspecified atom stereocenters. The van der Waals surface area contributed by atoms with Crippen LogP contribution in [0.2, 0.25) is 0 Å². The van der Waals surface area contributed by atoms with E-state index in [9.17, 15) is 0 Å². The molecule has 3 aromatic heterocycles. The number of thiocarbonyl (C=S) groups is 1. The van der Waals surface area contributed by atoms with Gasteiger partial charge in [0, 0.05) is 24.1 Å². The lowest BCUT2D eigenvalue weighted by molar-refractivity contribution is 0.271. The molecule has 0 radical (unpaired) electrons. The van der Waals surface area contributed by atoms with Crippen LogP contribution in [0.15, 0.2) is 65.5 Å². The molecule has 1 saturated heterocycles. The van der Waals surface area contributed by atoms with E-state index in [0.29, 0.717) is 12.6 Å². The highest BCUT2D eigenvalue weighted by atomic mass is 32.1. The highest BCUT2D eigenvalue weighted by molar-refractivity contribution is 7.80. The molecule has 0 aromatic carbocycles. The van der Waals surface area contributed by atoms with Crippen molar-refractivity contribution in [2.24, 2.45) is 0 Å². The maximum atomic E-state index is 5.76. The van der Waals surface area contributed by atoms with E-state index in [1.165, 1.54) is 31.4 Å². The summed E-state index contributed by atoms with van der Waals surface area (Å²) in [6.45, 7) is 0.642. The number of hydrogen-bond donors (Lipinski definition) is 1. The summed E-state index contributed by atoms with van der Waals surface area (Å²) in [7, 11) is 0. The Balaban J connectivity index is 1.56. The van der Waals surface area contributed by atoms with E-state index in [0.717, 1.165) is 16.6 Å². The first-order valence-corrected chi connectivity index (χ1v) is 10.4. The number of nitrogens with zero attached hydrogens (tertiary/aromatic N) is 3. The standard InChI is InChI=1S/C22H24N4OS/c28-22-24-20(18-10-3-4-12-23-18)21(26(22)15-17-9-6-14-27-17)19-11-5-13-25(19)16-7-1-2-8-16/h3-6,9-14,16,20-21H,1-2,7-8,15H2,(H,24,28)/t20-,21+/m1/s1. The first-order chi connectivity index (χ1) is 13.8. The minimum atomic E-state index is 0.0127. The summed E-state index contributed by atoms with van der Waals surface area (Å²) in [4.78, 5) is 6.88. The summed E-state index contributed by atoms with van der Waals surface area (Å²) < 4.78 is 8.10. The fourth-order valence-corrected chi connectivity index (χ4v) is 4.95. The highest BCUT2D eigenvalue weighted by Crippen LogP contribution is 2.42. The van der Waals surface area contributed by atoms with E-state index >= 15 is 0 Å². The van der Waals surface area contributed by atoms with E-state index in [2.05, 4.69) is 44.2 Å². The van der Waals surface area contributed by atoms with Gasteiger partial charge >= 0.3 is 0 Å². The molecule has 0 bridgehead atoms. The number of aromatic nitrogens is 2. The third-order valence-corrected chi connectivity index (χ3v) is 6.29. The Morgan fingerprint density at radius 2 is 2.00 bits per heavy atom. The fraction of sp³-hybridized carbons (Fsp3) is 0.364. The Labute approximate surface area is 170 Å². The number of rotatable bonds is 5. The van der Waals surface area contributed by atoms with E-state index in [4.69, 9.17) is 16.6 Å². The first kappa shape index (κ1) is 17.5. The van der Waals surface area contributed by atoms with Crippen LogP contribution in [0.3, 0.4) is 0 Å². The average Bonchev–Trinajstić information content (AvgIpc) is 3.51. The third-order valence-electron chi connectivity index (χ3n) is 5.94. The lowest BCUT2D eigenvalue weighted by Crippen LogP contribution is -2.30. The van der Waals surface area contributed by atoms with E-state index < -0.39 is 0 Å². The lowest BCUT2D eigenvalue weighted by atomic mass is 10.0. The van der Waals surface area contributed by atoms with Gasteiger partial charge in [-0.05, 0) is 61.5 Å². The van der Waals surface area contributed by atoms with Gasteiger partial charge in [-0.2, -0.15) is 0 Å². The molecule has 6 heteroatoms. The normalized spacial score (nSPS) is 22.7. The minimum Gasteiger partial charge on any atom is -0.467 e. The van der Waals surface area contributed by atoms with Crippen LogP contribution in [0.25, 0.3) is 0 Å². The molecular weight excluding hydrogens is 368 g/mol. The van der Waals surface area contributed by atoms with Crippen LogP contribution >= 0.6 is 12.2 Å². The number of furan rings is 1. The van der Waals surface area contributed by atoms with Gasteiger partial charge in [-0.25, -0.2) is 0 Å². The summed E-state index contributed by atoms with van der Waals surface area (Å²) in [5.41, 5.74) is 2.30. The van der Waals surface area contributed by atoms with Gasteiger partial charge in [-0.15, -0.1) is 0 Å². The predicted octanol–water partition coefficient (Wildman–Crippen LogP) is 4.76. The summed E-state index contributed by atoms with van der Waals surface area (Å²) in [6, 6.07) is 15.1. The van der Waals surface area contributed by atoms with Crippen molar-refractivity contribution in [3.8, 4) is 0 Å². The molecule has 28 heavy (non-hydrogen) atoms. The number of hydrogen-bond acceptors (Lipinski definition) is 3. The predicted molar refractivity (Wildman–Crippen MR) is 112 cm³/mol. The molecule has 2 atom stereocenters. The van der Waals surface area contributed by atoms with Crippen molar-refractivity contribution in [1.82, 2.24) is 19.8 Å². The Bertz CT molecular complexity index is 931. The minimum absolute atomic E-state index is 0.0127. The summed E-state index contributed by atoms with van der Waals surface area (Å²) in [6.07, 6.45) is 10.9. The zero-order valence-corrected chi connectivity index (χ0v) is 16.5. The largest absolute Gasteiger partial charge is 0.467 e. The molecule has 144 valence electrons. The molecular formula is C22H24N4OS. The molecule has 5 nitrogen and oxygen atoms in total. The van der Waals surface area contributed by atoms with Crippen molar-refractivity contribution in [1.29, 1.82) is 0 Å². The average molecular weight is 393 g/mol. The SMILES string of the molecule is S=C1N[C@H](c2ccccn2)[C@H](c2cccn2C2CCCC2)N1Cc1ccco1. The number of nitrogens with one attached hydrogen (secondary N) is 1. The Hall–Kier alpha value is -2.60. The van der Waals surface area contributed by atoms with E-state index in [1.807, 2.05) is 30.5 Å². The van der Waals surface area contributed by atoms with Crippen LogP contribution in [-0.4, -0.2) is 19.6 Å². The molecule has 1 aliphatic heterocycles. The van der Waals surface area contributed by atoms with E-state index in [1.54, 1.807) is 6.26 Å². The molecule has 4 heterocycles. The molecule has 3 aromatic rings. The summed E-state index contributed by atoms with van der Waals surface area (Å²) in [5.74, 6) is 0.912. The van der Waals surface area contributed by atoms with Gasteiger partial charge in [-0.3, -0.25) is 4.98 Å². The van der Waals surface area contributed by atoms with Crippen LogP contribution in [0, 0.1) is 0 Å². The van der Waals surface area contributed by atoms with Gasteiger partial charge in [0.1, 0.15) is 5.76 Å². The molecule has 2 aliphatic rings. The molecule has 1 aliphatic carbocycles. The van der Waals surface area contributed by atoms with Gasteiger partial charge in [0.25, 0.3) is 0 Å². The topological polar surface area (TPSA) is 46.2 Å². The van der Waals surface area contributed by atoms with Gasteiger partial charge in [0.2, 0.25) is 0 Å². The van der Waals surface area contributed by atoms with Crippen molar-refractivity contribution in [2.45, 2.75) is 50.4 Å². The van der Waals surface area contributed by atoms with Gasteiger partial charge in [0.05, 0.1) is 30.6 Å². The molecule has 1 N–H and O–H groups in total. The number of pyridine rings is 1. The Kier molecular flexibility index (Phi) is 4.64. The van der Waals surface area contributed by atoms with Crippen molar-refractivity contribution >= 4 is 17.3 Å².